The van der Waals surface area contributed by atoms with Crippen molar-refractivity contribution in [3.05, 3.63) is 52.4 Å². The monoisotopic (exact) mass is 379 g/mol. The van der Waals surface area contributed by atoms with Crippen LogP contribution in [0.5, 0.6) is 0 Å². The highest BCUT2D eigenvalue weighted by Gasteiger charge is 2.14. The van der Waals surface area contributed by atoms with Gasteiger partial charge in [0.25, 0.3) is 11.8 Å². The highest BCUT2D eigenvalue weighted by Crippen LogP contribution is 2.24. The first-order chi connectivity index (χ1) is 12.1. The lowest BCUT2D eigenvalue weighted by Gasteiger charge is -2.04. The molecule has 3 heterocycles. The van der Waals surface area contributed by atoms with Gasteiger partial charge in [0.15, 0.2) is 22.4 Å². The molecule has 0 bridgehead atoms. The van der Waals surface area contributed by atoms with Crippen molar-refractivity contribution in [3.8, 4) is 10.6 Å². The molecule has 0 saturated carbocycles. The number of hydrogen-bond acceptors (Lipinski definition) is 6. The zero-order valence-corrected chi connectivity index (χ0v) is 14.5. The van der Waals surface area contributed by atoms with Gasteiger partial charge in [0.1, 0.15) is 0 Å². The van der Waals surface area contributed by atoms with Crippen LogP contribution in [0, 0.1) is 0 Å². The number of carbonyl (C=O) groups is 2. The molecule has 0 saturated heterocycles. The highest BCUT2D eigenvalue weighted by molar-refractivity contribution is 7.13. The SMILES string of the molecule is O=C(NCCCNC(=O)c1ccc(Cl)o1)c1cc(-c2cccs2)on1. The Bertz CT molecular complexity index is 857. The number of nitrogens with zero attached hydrogens (tertiary/aromatic N) is 1. The van der Waals surface area contributed by atoms with Gasteiger partial charge in [-0.2, -0.15) is 0 Å². The van der Waals surface area contributed by atoms with Gasteiger partial charge in [0, 0.05) is 19.2 Å². The van der Waals surface area contributed by atoms with E-state index in [-0.39, 0.29) is 28.5 Å². The fraction of sp³-hybridized carbons (Fsp3) is 0.188. The van der Waals surface area contributed by atoms with Crippen molar-refractivity contribution in [2.24, 2.45) is 0 Å². The molecule has 0 aliphatic carbocycles. The van der Waals surface area contributed by atoms with E-state index >= 15 is 0 Å². The third kappa shape index (κ3) is 4.49. The number of nitrogens with one attached hydrogen (secondary N) is 2. The minimum Gasteiger partial charge on any atom is -0.440 e. The van der Waals surface area contributed by atoms with Crippen LogP contribution in [-0.4, -0.2) is 30.1 Å². The van der Waals surface area contributed by atoms with E-state index in [2.05, 4.69) is 15.8 Å². The van der Waals surface area contributed by atoms with Crippen LogP contribution in [-0.2, 0) is 0 Å². The lowest BCUT2D eigenvalue weighted by Crippen LogP contribution is -2.29. The van der Waals surface area contributed by atoms with Crippen molar-refractivity contribution in [3.63, 3.8) is 0 Å². The summed E-state index contributed by atoms with van der Waals surface area (Å²) in [7, 11) is 0. The van der Waals surface area contributed by atoms with Gasteiger partial charge >= 0.3 is 0 Å². The molecule has 130 valence electrons. The minimum absolute atomic E-state index is 0.151. The maximum absolute atomic E-state index is 12.0. The molecule has 3 rings (SSSR count). The predicted octanol–water partition coefficient (Wildman–Crippen LogP) is 3.20. The molecule has 0 unspecified atom stereocenters. The van der Waals surface area contributed by atoms with Crippen LogP contribution in [0.15, 0.2) is 44.7 Å². The molecule has 2 amide bonds. The Balaban J connectivity index is 1.39. The Morgan fingerprint density at radius 1 is 1.16 bits per heavy atom. The summed E-state index contributed by atoms with van der Waals surface area (Å²) < 4.78 is 10.2. The standard InChI is InChI=1S/C16H14ClN3O4S/c17-14-5-4-11(23-14)16(22)19-7-2-6-18-15(21)10-9-12(24-20-10)13-3-1-8-25-13/h1,3-5,8-9H,2,6-7H2,(H,18,21)(H,19,22). The molecule has 3 aromatic heterocycles. The van der Waals surface area contributed by atoms with E-state index in [0.29, 0.717) is 25.3 Å². The number of furan rings is 1. The maximum atomic E-state index is 12.0. The molecule has 0 aliphatic heterocycles. The largest absolute Gasteiger partial charge is 0.440 e. The number of hydrogen-bond donors (Lipinski definition) is 2. The molecular weight excluding hydrogens is 366 g/mol. The maximum Gasteiger partial charge on any atom is 0.287 e. The van der Waals surface area contributed by atoms with Crippen molar-refractivity contribution in [2.75, 3.05) is 13.1 Å². The summed E-state index contributed by atoms with van der Waals surface area (Å²) in [6.07, 6.45) is 0.557. The second-order valence-electron chi connectivity index (χ2n) is 5.02. The molecule has 25 heavy (non-hydrogen) atoms. The highest BCUT2D eigenvalue weighted by atomic mass is 35.5. The summed E-state index contributed by atoms with van der Waals surface area (Å²) in [4.78, 5) is 24.6. The molecule has 0 fully saturated rings. The molecule has 0 radical (unpaired) electrons. The van der Waals surface area contributed by atoms with Gasteiger partial charge in [-0.15, -0.1) is 11.3 Å². The molecule has 7 nitrogen and oxygen atoms in total. The van der Waals surface area contributed by atoms with Crippen LogP contribution in [0.1, 0.15) is 27.5 Å². The zero-order chi connectivity index (χ0) is 17.6. The fourth-order valence-corrected chi connectivity index (χ4v) is 2.84. The van der Waals surface area contributed by atoms with Crippen molar-refractivity contribution >= 4 is 34.8 Å². The van der Waals surface area contributed by atoms with Crippen LogP contribution in [0.4, 0.5) is 0 Å². The number of rotatable bonds is 7. The first-order valence-electron chi connectivity index (χ1n) is 7.46. The van der Waals surface area contributed by atoms with E-state index in [4.69, 9.17) is 20.5 Å². The average molecular weight is 380 g/mol. The van der Waals surface area contributed by atoms with E-state index in [0.717, 1.165) is 4.88 Å². The summed E-state index contributed by atoms with van der Waals surface area (Å²) in [6.45, 7) is 0.774. The number of aromatic nitrogens is 1. The van der Waals surface area contributed by atoms with E-state index in [1.165, 1.54) is 23.5 Å². The van der Waals surface area contributed by atoms with E-state index in [9.17, 15) is 9.59 Å². The number of carbonyl (C=O) groups excluding carboxylic acids is 2. The van der Waals surface area contributed by atoms with Gasteiger partial charge in [0.05, 0.1) is 4.88 Å². The third-order valence-electron chi connectivity index (χ3n) is 3.23. The van der Waals surface area contributed by atoms with E-state index in [1.54, 1.807) is 6.07 Å². The van der Waals surface area contributed by atoms with Gasteiger partial charge in [-0.3, -0.25) is 9.59 Å². The van der Waals surface area contributed by atoms with Crippen LogP contribution < -0.4 is 10.6 Å². The summed E-state index contributed by atoms with van der Waals surface area (Å²) in [6, 6.07) is 8.38. The van der Waals surface area contributed by atoms with Gasteiger partial charge in [-0.05, 0) is 41.6 Å². The Morgan fingerprint density at radius 3 is 2.64 bits per heavy atom. The molecule has 2 N–H and O–H groups in total. The summed E-state index contributed by atoms with van der Waals surface area (Å²) >= 11 is 7.11. The number of amides is 2. The summed E-state index contributed by atoms with van der Waals surface area (Å²) in [5, 5.41) is 11.2. The smallest absolute Gasteiger partial charge is 0.287 e. The molecule has 0 spiro atoms. The van der Waals surface area contributed by atoms with Gasteiger partial charge in [0.2, 0.25) is 0 Å². The second kappa shape index (κ2) is 8.00. The molecule has 9 heteroatoms. The predicted molar refractivity (Wildman–Crippen MR) is 92.8 cm³/mol. The van der Waals surface area contributed by atoms with Crippen molar-refractivity contribution in [1.29, 1.82) is 0 Å². The Morgan fingerprint density at radius 2 is 1.96 bits per heavy atom. The van der Waals surface area contributed by atoms with Crippen LogP contribution in [0.2, 0.25) is 5.22 Å². The zero-order valence-electron chi connectivity index (χ0n) is 13.0. The number of thiophene rings is 1. The molecule has 0 atom stereocenters. The minimum atomic E-state index is -0.352. The molecule has 3 aromatic rings. The first kappa shape index (κ1) is 17.2. The fourth-order valence-electron chi connectivity index (χ4n) is 2.02. The van der Waals surface area contributed by atoms with E-state index in [1.807, 2.05) is 17.5 Å². The molecular formula is C16H14ClN3O4S. The molecule has 0 aromatic carbocycles. The van der Waals surface area contributed by atoms with Crippen molar-refractivity contribution < 1.29 is 18.5 Å². The first-order valence-corrected chi connectivity index (χ1v) is 8.71. The normalized spacial score (nSPS) is 10.6. The van der Waals surface area contributed by atoms with Gasteiger partial charge in [-0.25, -0.2) is 0 Å². The average Bonchev–Trinajstić information content (AvgIpc) is 3.34. The van der Waals surface area contributed by atoms with Crippen LogP contribution in [0.25, 0.3) is 10.6 Å². The summed E-state index contributed by atoms with van der Waals surface area (Å²) in [5.74, 6) is 0.0354. The lowest BCUT2D eigenvalue weighted by molar-refractivity contribution is 0.0925. The third-order valence-corrected chi connectivity index (χ3v) is 4.32. The molecule has 0 aliphatic rings. The Labute approximate surface area is 151 Å². The van der Waals surface area contributed by atoms with E-state index < -0.39 is 0 Å². The Hall–Kier alpha value is -2.58. The number of halogens is 1. The second-order valence-corrected chi connectivity index (χ2v) is 6.34. The van der Waals surface area contributed by atoms with Gasteiger partial charge < -0.3 is 19.6 Å². The van der Waals surface area contributed by atoms with Crippen LogP contribution in [0.3, 0.4) is 0 Å². The van der Waals surface area contributed by atoms with Gasteiger partial charge in [-0.1, -0.05) is 11.2 Å². The lowest BCUT2D eigenvalue weighted by atomic mass is 10.3. The quantitative estimate of drug-likeness (QED) is 0.614. The van der Waals surface area contributed by atoms with Crippen molar-refractivity contribution in [1.82, 2.24) is 15.8 Å². The van der Waals surface area contributed by atoms with Crippen LogP contribution >= 0.6 is 22.9 Å². The van der Waals surface area contributed by atoms with Crippen molar-refractivity contribution in [2.45, 2.75) is 6.42 Å². The Kier molecular flexibility index (Phi) is 5.52. The topological polar surface area (TPSA) is 97.4 Å². The summed E-state index contributed by atoms with van der Waals surface area (Å²) in [5.41, 5.74) is 0.220.